The Hall–Kier alpha value is -2.44. The summed E-state index contributed by atoms with van der Waals surface area (Å²) in [6.45, 7) is 6.52. The molecule has 0 atom stereocenters. The highest BCUT2D eigenvalue weighted by Crippen LogP contribution is 2.23. The van der Waals surface area contributed by atoms with E-state index in [1.807, 2.05) is 12.1 Å². The van der Waals surface area contributed by atoms with E-state index in [1.165, 1.54) is 5.56 Å². The highest BCUT2D eigenvalue weighted by atomic mass is 32.1. The van der Waals surface area contributed by atoms with Crippen molar-refractivity contribution in [1.82, 2.24) is 4.90 Å². The van der Waals surface area contributed by atoms with Crippen LogP contribution < -0.4 is 0 Å². The number of carboxylic acid groups (broad SMARTS) is 1. The summed E-state index contributed by atoms with van der Waals surface area (Å²) in [7, 11) is 0. The van der Waals surface area contributed by atoms with E-state index in [0.717, 1.165) is 34.7 Å². The summed E-state index contributed by atoms with van der Waals surface area (Å²) in [5, 5.41) is 15.7. The summed E-state index contributed by atoms with van der Waals surface area (Å²) in [6.07, 6.45) is 2.56. The molecule has 0 spiro atoms. The zero-order valence-electron chi connectivity index (χ0n) is 15.6. The predicted molar refractivity (Wildman–Crippen MR) is 109 cm³/mol. The highest BCUT2D eigenvalue weighted by molar-refractivity contribution is 7.12. The monoisotopic (exact) mass is 384 g/mol. The van der Waals surface area contributed by atoms with Crippen LogP contribution in [0.3, 0.4) is 0 Å². The molecule has 6 heteroatoms. The van der Waals surface area contributed by atoms with E-state index < -0.39 is 5.97 Å². The Morgan fingerprint density at radius 3 is 2.78 bits per heavy atom. The first kappa shape index (κ1) is 19.3. The van der Waals surface area contributed by atoms with Gasteiger partial charge in [-0.15, -0.1) is 11.3 Å². The van der Waals surface area contributed by atoms with E-state index in [2.05, 4.69) is 47.5 Å². The molecule has 2 aromatic rings. The molecule has 0 bridgehead atoms. The van der Waals surface area contributed by atoms with Gasteiger partial charge in [-0.2, -0.15) is 0 Å². The lowest BCUT2D eigenvalue weighted by atomic mass is 10.0. The average Bonchev–Trinajstić information content (AvgIpc) is 3.09. The van der Waals surface area contributed by atoms with E-state index in [4.69, 9.17) is 9.94 Å². The first-order valence-corrected chi connectivity index (χ1v) is 9.89. The molecule has 1 aromatic carbocycles. The standard InChI is InChI=1S/C21H24N2O3S/c1-15-6-3-4-8-18(15)19(20-16(2)9-13-27-20)22-26-12-11-23-10-5-7-17(14-23)21(24)25/h3-4,6-9,13H,5,10-12,14H2,1-2H3,(H,24,25)/b22-19-. The van der Waals surface area contributed by atoms with Crippen LogP contribution in [0.4, 0.5) is 0 Å². The Balaban J connectivity index is 1.68. The molecule has 1 aliphatic rings. The summed E-state index contributed by atoms with van der Waals surface area (Å²) < 4.78 is 0. The third-order valence-corrected chi connectivity index (χ3v) is 5.66. The van der Waals surface area contributed by atoms with Crippen LogP contribution in [-0.2, 0) is 9.63 Å². The summed E-state index contributed by atoms with van der Waals surface area (Å²) in [6, 6.07) is 10.2. The maximum Gasteiger partial charge on any atom is 0.332 e. The molecular formula is C21H24N2O3S. The second kappa shape index (κ2) is 8.97. The fourth-order valence-corrected chi connectivity index (χ4v) is 4.02. The summed E-state index contributed by atoms with van der Waals surface area (Å²) >= 11 is 1.66. The number of thiophene rings is 1. The van der Waals surface area contributed by atoms with Crippen LogP contribution in [0.2, 0.25) is 0 Å². The van der Waals surface area contributed by atoms with Gasteiger partial charge >= 0.3 is 5.97 Å². The molecule has 0 saturated carbocycles. The molecule has 1 N–H and O–H groups in total. The van der Waals surface area contributed by atoms with Crippen molar-refractivity contribution in [2.24, 2.45) is 5.16 Å². The number of hydrogen-bond donors (Lipinski definition) is 1. The number of aliphatic carboxylic acids is 1. The fraction of sp³-hybridized carbons (Fsp3) is 0.333. The summed E-state index contributed by atoms with van der Waals surface area (Å²) in [4.78, 5) is 20.0. The number of nitrogens with zero attached hydrogens (tertiary/aromatic N) is 2. The molecule has 1 aliphatic heterocycles. The smallest absolute Gasteiger partial charge is 0.332 e. The Labute approximate surface area is 163 Å². The van der Waals surface area contributed by atoms with Gasteiger partial charge in [0.2, 0.25) is 0 Å². The molecule has 1 aromatic heterocycles. The van der Waals surface area contributed by atoms with Gasteiger partial charge in [-0.05, 0) is 42.8 Å². The van der Waals surface area contributed by atoms with Crippen molar-refractivity contribution < 1.29 is 14.7 Å². The molecule has 142 valence electrons. The number of hydrogen-bond acceptors (Lipinski definition) is 5. The minimum atomic E-state index is -0.839. The molecule has 0 amide bonds. The van der Waals surface area contributed by atoms with E-state index in [9.17, 15) is 4.79 Å². The van der Waals surface area contributed by atoms with Gasteiger partial charge in [-0.1, -0.05) is 35.5 Å². The molecule has 0 fully saturated rings. The van der Waals surface area contributed by atoms with E-state index in [1.54, 1.807) is 17.4 Å². The Bertz CT molecular complexity index is 870. The fourth-order valence-electron chi connectivity index (χ4n) is 3.10. The lowest BCUT2D eigenvalue weighted by molar-refractivity contribution is -0.133. The molecule has 0 saturated heterocycles. The van der Waals surface area contributed by atoms with Crippen molar-refractivity contribution in [3.63, 3.8) is 0 Å². The minimum Gasteiger partial charge on any atom is -0.478 e. The van der Waals surface area contributed by atoms with Gasteiger partial charge in [0.15, 0.2) is 0 Å². The topological polar surface area (TPSA) is 62.1 Å². The highest BCUT2D eigenvalue weighted by Gasteiger charge is 2.18. The zero-order valence-corrected chi connectivity index (χ0v) is 16.5. The first-order chi connectivity index (χ1) is 13.1. The molecule has 0 radical (unpaired) electrons. The molecule has 27 heavy (non-hydrogen) atoms. The zero-order chi connectivity index (χ0) is 19.2. The van der Waals surface area contributed by atoms with Crippen molar-refractivity contribution >= 4 is 23.0 Å². The molecule has 3 rings (SSSR count). The van der Waals surface area contributed by atoms with E-state index >= 15 is 0 Å². The quantitative estimate of drug-likeness (QED) is 0.447. The summed E-state index contributed by atoms with van der Waals surface area (Å²) in [5.41, 5.74) is 4.71. The number of oxime groups is 1. The van der Waals surface area contributed by atoms with Crippen LogP contribution in [0, 0.1) is 13.8 Å². The van der Waals surface area contributed by atoms with Gasteiger partial charge < -0.3 is 9.94 Å². The SMILES string of the molecule is Cc1ccccc1/C(=N/OCCN1CCC=C(C(=O)O)C1)c1sccc1C. The average molecular weight is 385 g/mol. The van der Waals surface area contributed by atoms with Gasteiger partial charge in [0.05, 0.1) is 4.88 Å². The van der Waals surface area contributed by atoms with Crippen molar-refractivity contribution in [3.05, 3.63) is 68.9 Å². The maximum atomic E-state index is 11.1. The normalized spacial score (nSPS) is 15.5. The molecule has 0 unspecified atom stereocenters. The van der Waals surface area contributed by atoms with Crippen LogP contribution in [0.25, 0.3) is 0 Å². The number of rotatable bonds is 7. The van der Waals surface area contributed by atoms with Crippen LogP contribution >= 0.6 is 11.3 Å². The third-order valence-electron chi connectivity index (χ3n) is 4.64. The lowest BCUT2D eigenvalue weighted by Crippen LogP contribution is -2.34. The van der Waals surface area contributed by atoms with Crippen LogP contribution in [0.15, 0.2) is 52.5 Å². The largest absolute Gasteiger partial charge is 0.478 e. The van der Waals surface area contributed by atoms with Crippen molar-refractivity contribution in [2.45, 2.75) is 20.3 Å². The second-order valence-electron chi connectivity index (χ2n) is 6.62. The number of benzene rings is 1. The van der Waals surface area contributed by atoms with Crippen LogP contribution in [0.5, 0.6) is 0 Å². The second-order valence-corrected chi connectivity index (χ2v) is 7.54. The lowest BCUT2D eigenvalue weighted by Gasteiger charge is -2.24. The Morgan fingerprint density at radius 2 is 2.07 bits per heavy atom. The molecular weight excluding hydrogens is 360 g/mol. The van der Waals surface area contributed by atoms with Gasteiger partial charge in [0.1, 0.15) is 12.3 Å². The van der Waals surface area contributed by atoms with Crippen LogP contribution in [-0.4, -0.2) is 47.9 Å². The Morgan fingerprint density at radius 1 is 1.26 bits per heavy atom. The Kier molecular flexibility index (Phi) is 6.42. The summed E-state index contributed by atoms with van der Waals surface area (Å²) in [5.74, 6) is -0.839. The van der Waals surface area contributed by atoms with Crippen molar-refractivity contribution in [3.8, 4) is 0 Å². The third kappa shape index (κ3) is 4.84. The van der Waals surface area contributed by atoms with Crippen LogP contribution in [0.1, 0.15) is 28.0 Å². The van der Waals surface area contributed by atoms with Gasteiger partial charge in [0.25, 0.3) is 0 Å². The van der Waals surface area contributed by atoms with Gasteiger partial charge in [0, 0.05) is 30.8 Å². The first-order valence-electron chi connectivity index (χ1n) is 9.01. The predicted octanol–water partition coefficient (Wildman–Crippen LogP) is 3.85. The number of carboxylic acids is 1. The maximum absolute atomic E-state index is 11.1. The minimum absolute atomic E-state index is 0.423. The van der Waals surface area contributed by atoms with Crippen molar-refractivity contribution in [1.29, 1.82) is 0 Å². The molecule has 2 heterocycles. The van der Waals surface area contributed by atoms with E-state index in [-0.39, 0.29) is 0 Å². The van der Waals surface area contributed by atoms with Crippen molar-refractivity contribution in [2.75, 3.05) is 26.2 Å². The molecule has 5 nitrogen and oxygen atoms in total. The number of carbonyl (C=O) groups is 1. The molecule has 0 aliphatic carbocycles. The van der Waals surface area contributed by atoms with Gasteiger partial charge in [-0.3, -0.25) is 4.90 Å². The van der Waals surface area contributed by atoms with E-state index in [0.29, 0.717) is 25.3 Å². The number of aryl methyl sites for hydroxylation is 2. The van der Waals surface area contributed by atoms with Gasteiger partial charge in [-0.25, -0.2) is 4.79 Å².